The molecule has 1 aromatic rings. The van der Waals surface area contributed by atoms with Crippen LogP contribution in [0.3, 0.4) is 0 Å². The van der Waals surface area contributed by atoms with Crippen molar-refractivity contribution in [2.24, 2.45) is 0 Å². The number of benzene rings is 1. The lowest BCUT2D eigenvalue weighted by molar-refractivity contribution is 0.0186. The van der Waals surface area contributed by atoms with Gasteiger partial charge in [0.25, 0.3) is 0 Å². The zero-order valence-electron chi connectivity index (χ0n) is 9.39. The third-order valence-corrected chi connectivity index (χ3v) is 2.87. The van der Waals surface area contributed by atoms with Crippen LogP contribution in [0.15, 0.2) is 24.3 Å². The number of carbonyl (C=O) groups is 2. The second-order valence-electron chi connectivity index (χ2n) is 4.11. The van der Waals surface area contributed by atoms with Crippen molar-refractivity contribution in [2.75, 3.05) is 6.61 Å². The number of ether oxygens (including phenoxy) is 1. The first kappa shape index (κ1) is 11.8. The Morgan fingerprint density at radius 1 is 1.24 bits per heavy atom. The van der Waals surface area contributed by atoms with Crippen molar-refractivity contribution >= 4 is 11.8 Å². The maximum Gasteiger partial charge on any atom is 0.335 e. The number of aromatic carboxylic acids is 1. The van der Waals surface area contributed by atoms with E-state index in [2.05, 4.69) is 0 Å². The Morgan fingerprint density at radius 3 is 2.65 bits per heavy atom. The first-order valence-electron chi connectivity index (χ1n) is 5.67. The van der Waals surface area contributed by atoms with Crippen molar-refractivity contribution < 1.29 is 19.4 Å². The molecule has 1 saturated heterocycles. The average Bonchev–Trinajstić information content (AvgIpc) is 2.39. The molecule has 1 heterocycles. The molecule has 1 unspecified atom stereocenters. The van der Waals surface area contributed by atoms with E-state index in [1.807, 2.05) is 0 Å². The molecule has 1 fully saturated rings. The van der Waals surface area contributed by atoms with E-state index in [0.29, 0.717) is 12.2 Å². The quantitative estimate of drug-likeness (QED) is 0.814. The van der Waals surface area contributed by atoms with E-state index >= 15 is 0 Å². The summed E-state index contributed by atoms with van der Waals surface area (Å²) in [4.78, 5) is 22.9. The van der Waals surface area contributed by atoms with Crippen LogP contribution in [0.2, 0.25) is 0 Å². The van der Waals surface area contributed by atoms with Crippen LogP contribution in [-0.4, -0.2) is 29.6 Å². The zero-order chi connectivity index (χ0) is 12.3. The molecule has 2 rings (SSSR count). The van der Waals surface area contributed by atoms with Crippen LogP contribution in [-0.2, 0) is 4.74 Å². The average molecular weight is 234 g/mol. The minimum atomic E-state index is -1.02. The Hall–Kier alpha value is -1.68. The van der Waals surface area contributed by atoms with Gasteiger partial charge in [-0.3, -0.25) is 4.79 Å². The molecule has 1 atom stereocenters. The second kappa shape index (κ2) is 5.10. The fraction of sp³-hybridized carbons (Fsp3) is 0.385. The van der Waals surface area contributed by atoms with Crippen molar-refractivity contribution in [3.8, 4) is 0 Å². The van der Waals surface area contributed by atoms with Gasteiger partial charge < -0.3 is 9.84 Å². The normalized spacial score (nSPS) is 19.9. The maximum atomic E-state index is 12.1. The van der Waals surface area contributed by atoms with Crippen LogP contribution < -0.4 is 0 Å². The molecule has 90 valence electrons. The van der Waals surface area contributed by atoms with Crippen LogP contribution in [0.4, 0.5) is 0 Å². The molecule has 4 nitrogen and oxygen atoms in total. The SMILES string of the molecule is O=C(O)c1cccc(C(=O)C2CCCCO2)c1. The van der Waals surface area contributed by atoms with Gasteiger partial charge in [0.2, 0.25) is 0 Å². The van der Waals surface area contributed by atoms with E-state index in [1.54, 1.807) is 12.1 Å². The monoisotopic (exact) mass is 234 g/mol. The van der Waals surface area contributed by atoms with Crippen molar-refractivity contribution in [1.29, 1.82) is 0 Å². The predicted octanol–water partition coefficient (Wildman–Crippen LogP) is 2.14. The van der Waals surface area contributed by atoms with Crippen molar-refractivity contribution in [3.63, 3.8) is 0 Å². The predicted molar refractivity (Wildman–Crippen MR) is 61.3 cm³/mol. The lowest BCUT2D eigenvalue weighted by Gasteiger charge is -2.21. The van der Waals surface area contributed by atoms with Gasteiger partial charge in [-0.05, 0) is 31.4 Å². The summed E-state index contributed by atoms with van der Waals surface area (Å²) < 4.78 is 5.40. The molecule has 0 radical (unpaired) electrons. The topological polar surface area (TPSA) is 63.6 Å². The molecule has 0 aromatic heterocycles. The Bertz CT molecular complexity index is 433. The van der Waals surface area contributed by atoms with Crippen molar-refractivity contribution in [2.45, 2.75) is 25.4 Å². The van der Waals surface area contributed by atoms with E-state index in [9.17, 15) is 9.59 Å². The number of carboxylic acids is 1. The van der Waals surface area contributed by atoms with Crippen LogP contribution in [0, 0.1) is 0 Å². The van der Waals surface area contributed by atoms with E-state index in [-0.39, 0.29) is 11.3 Å². The fourth-order valence-corrected chi connectivity index (χ4v) is 1.94. The number of rotatable bonds is 3. The van der Waals surface area contributed by atoms with Crippen molar-refractivity contribution in [3.05, 3.63) is 35.4 Å². The summed E-state index contributed by atoms with van der Waals surface area (Å²) in [5.41, 5.74) is 0.545. The molecule has 17 heavy (non-hydrogen) atoms. The smallest absolute Gasteiger partial charge is 0.335 e. The number of carbonyl (C=O) groups excluding carboxylic acids is 1. The summed E-state index contributed by atoms with van der Waals surface area (Å²) in [6.45, 7) is 0.606. The number of hydrogen-bond donors (Lipinski definition) is 1. The molecule has 1 aliphatic rings. The number of ketones is 1. The Kier molecular flexibility index (Phi) is 3.54. The highest BCUT2D eigenvalue weighted by molar-refractivity contribution is 6.01. The summed E-state index contributed by atoms with van der Waals surface area (Å²) in [7, 11) is 0. The molecule has 0 bridgehead atoms. The standard InChI is InChI=1S/C13H14O4/c14-12(11-6-1-2-7-17-11)9-4-3-5-10(8-9)13(15)16/h3-5,8,11H,1-2,6-7H2,(H,15,16). The van der Waals surface area contributed by atoms with Crippen LogP contribution in [0.1, 0.15) is 40.0 Å². The number of Topliss-reactive ketones (excluding diaryl/α,β-unsaturated/α-hetero) is 1. The van der Waals surface area contributed by atoms with Crippen LogP contribution in [0.5, 0.6) is 0 Å². The third-order valence-electron chi connectivity index (χ3n) is 2.87. The summed E-state index contributed by atoms with van der Waals surface area (Å²) in [5.74, 6) is -1.14. The third kappa shape index (κ3) is 2.71. The Morgan fingerprint density at radius 2 is 2.00 bits per heavy atom. The van der Waals surface area contributed by atoms with Crippen LogP contribution >= 0.6 is 0 Å². The molecule has 4 heteroatoms. The van der Waals surface area contributed by atoms with Crippen LogP contribution in [0.25, 0.3) is 0 Å². The fourth-order valence-electron chi connectivity index (χ4n) is 1.94. The molecule has 1 N–H and O–H groups in total. The lowest BCUT2D eigenvalue weighted by Crippen LogP contribution is -2.28. The minimum absolute atomic E-state index is 0.118. The molecule has 0 saturated carbocycles. The van der Waals surface area contributed by atoms with E-state index < -0.39 is 12.1 Å². The summed E-state index contributed by atoms with van der Waals surface area (Å²) in [5, 5.41) is 8.86. The number of carboxylic acid groups (broad SMARTS) is 1. The maximum absolute atomic E-state index is 12.1. The molecule has 1 aromatic carbocycles. The van der Waals surface area contributed by atoms with Gasteiger partial charge in [0.1, 0.15) is 6.10 Å². The summed E-state index contributed by atoms with van der Waals surface area (Å²) in [6, 6.07) is 6.09. The minimum Gasteiger partial charge on any atom is -0.478 e. The van der Waals surface area contributed by atoms with Gasteiger partial charge in [-0.25, -0.2) is 4.79 Å². The van der Waals surface area contributed by atoms with Gasteiger partial charge in [-0.1, -0.05) is 12.1 Å². The largest absolute Gasteiger partial charge is 0.478 e. The Balaban J connectivity index is 2.18. The number of hydrogen-bond acceptors (Lipinski definition) is 3. The highest BCUT2D eigenvalue weighted by Gasteiger charge is 2.23. The first-order chi connectivity index (χ1) is 8.18. The van der Waals surface area contributed by atoms with Gasteiger partial charge in [0.15, 0.2) is 5.78 Å². The molecule has 0 amide bonds. The van der Waals surface area contributed by atoms with Gasteiger partial charge in [0.05, 0.1) is 5.56 Å². The van der Waals surface area contributed by atoms with Gasteiger partial charge >= 0.3 is 5.97 Å². The molecular weight excluding hydrogens is 220 g/mol. The van der Waals surface area contributed by atoms with E-state index in [0.717, 1.165) is 19.3 Å². The van der Waals surface area contributed by atoms with Gasteiger partial charge in [-0.2, -0.15) is 0 Å². The second-order valence-corrected chi connectivity index (χ2v) is 4.11. The molecule has 0 spiro atoms. The molecular formula is C13H14O4. The first-order valence-corrected chi connectivity index (χ1v) is 5.67. The zero-order valence-corrected chi connectivity index (χ0v) is 9.39. The molecule has 1 aliphatic heterocycles. The summed E-state index contributed by atoms with van der Waals surface area (Å²) >= 11 is 0. The van der Waals surface area contributed by atoms with E-state index in [4.69, 9.17) is 9.84 Å². The summed E-state index contributed by atoms with van der Waals surface area (Å²) in [6.07, 6.45) is 2.28. The lowest BCUT2D eigenvalue weighted by atomic mass is 9.98. The van der Waals surface area contributed by atoms with Crippen molar-refractivity contribution in [1.82, 2.24) is 0 Å². The highest BCUT2D eigenvalue weighted by atomic mass is 16.5. The van der Waals surface area contributed by atoms with Gasteiger partial charge in [-0.15, -0.1) is 0 Å². The van der Waals surface area contributed by atoms with Gasteiger partial charge in [0, 0.05) is 12.2 Å². The highest BCUT2D eigenvalue weighted by Crippen LogP contribution is 2.18. The van der Waals surface area contributed by atoms with E-state index in [1.165, 1.54) is 12.1 Å². The molecule has 0 aliphatic carbocycles. The Labute approximate surface area is 99.2 Å².